The highest BCUT2D eigenvalue weighted by Crippen LogP contribution is 2.15. The van der Waals surface area contributed by atoms with Crippen LogP contribution in [0.1, 0.15) is 18.2 Å². The van der Waals surface area contributed by atoms with E-state index in [1.807, 2.05) is 33.0 Å². The van der Waals surface area contributed by atoms with Crippen LogP contribution in [0.2, 0.25) is 0 Å². The molecular formula is C12H19ClN2O. The van der Waals surface area contributed by atoms with E-state index >= 15 is 0 Å². The first-order chi connectivity index (χ1) is 7.67. The van der Waals surface area contributed by atoms with Crippen LogP contribution in [-0.4, -0.2) is 31.8 Å². The Morgan fingerprint density at radius 3 is 2.81 bits per heavy atom. The van der Waals surface area contributed by atoms with Crippen LogP contribution in [0, 0.1) is 6.92 Å². The van der Waals surface area contributed by atoms with Gasteiger partial charge in [-0.05, 0) is 31.5 Å². The molecular weight excluding hydrogens is 224 g/mol. The predicted molar refractivity (Wildman–Crippen MR) is 68.3 cm³/mol. The third-order valence-corrected chi connectivity index (χ3v) is 2.63. The predicted octanol–water partition coefficient (Wildman–Crippen LogP) is 2.60. The summed E-state index contributed by atoms with van der Waals surface area (Å²) in [5.41, 5.74) is 2.10. The fourth-order valence-electron chi connectivity index (χ4n) is 1.45. The first-order valence-corrected chi connectivity index (χ1v) is 6.03. The second-order valence-corrected chi connectivity index (χ2v) is 3.99. The van der Waals surface area contributed by atoms with E-state index in [0.717, 1.165) is 36.8 Å². The number of nitrogens with zero attached hydrogens (tertiary/aromatic N) is 2. The van der Waals surface area contributed by atoms with Gasteiger partial charge < -0.3 is 9.64 Å². The highest BCUT2D eigenvalue weighted by atomic mass is 35.5. The number of rotatable bonds is 6. The molecule has 1 heterocycles. The average molecular weight is 243 g/mol. The van der Waals surface area contributed by atoms with Gasteiger partial charge in [0.25, 0.3) is 0 Å². The molecule has 0 aromatic carbocycles. The molecule has 0 aliphatic rings. The zero-order chi connectivity index (χ0) is 12.0. The molecule has 1 aromatic heterocycles. The molecule has 0 aliphatic heterocycles. The molecule has 16 heavy (non-hydrogen) atoms. The Morgan fingerprint density at radius 1 is 1.44 bits per heavy atom. The van der Waals surface area contributed by atoms with E-state index < -0.39 is 0 Å². The number of aromatic nitrogens is 1. The third kappa shape index (κ3) is 3.99. The van der Waals surface area contributed by atoms with Crippen LogP contribution in [0.25, 0.3) is 0 Å². The van der Waals surface area contributed by atoms with E-state index in [-0.39, 0.29) is 0 Å². The number of halogens is 1. The molecule has 0 N–H and O–H groups in total. The summed E-state index contributed by atoms with van der Waals surface area (Å²) >= 11 is 5.83. The van der Waals surface area contributed by atoms with E-state index in [1.165, 1.54) is 0 Å². The molecule has 3 nitrogen and oxygen atoms in total. The summed E-state index contributed by atoms with van der Waals surface area (Å²) in [6, 6.07) is 4.03. The van der Waals surface area contributed by atoms with Gasteiger partial charge in [-0.25, -0.2) is 4.98 Å². The lowest BCUT2D eigenvalue weighted by Gasteiger charge is -2.19. The maximum atomic E-state index is 5.83. The zero-order valence-corrected chi connectivity index (χ0v) is 10.9. The highest BCUT2D eigenvalue weighted by Gasteiger charge is 2.04. The van der Waals surface area contributed by atoms with E-state index in [9.17, 15) is 0 Å². The van der Waals surface area contributed by atoms with Gasteiger partial charge in [-0.3, -0.25) is 0 Å². The minimum absolute atomic E-state index is 0.523. The summed E-state index contributed by atoms with van der Waals surface area (Å²) in [5, 5.41) is 0. The SMILES string of the molecule is CCOCCN(C)c1cc(CCl)cc(C)n1. The average Bonchev–Trinajstić information content (AvgIpc) is 2.28. The van der Waals surface area contributed by atoms with Gasteiger partial charge in [-0.1, -0.05) is 0 Å². The minimum atomic E-state index is 0.523. The lowest BCUT2D eigenvalue weighted by Crippen LogP contribution is -2.23. The van der Waals surface area contributed by atoms with Crippen molar-refractivity contribution in [3.63, 3.8) is 0 Å². The minimum Gasteiger partial charge on any atom is -0.380 e. The van der Waals surface area contributed by atoms with Crippen molar-refractivity contribution in [1.29, 1.82) is 0 Å². The summed E-state index contributed by atoms with van der Waals surface area (Å²) in [6.07, 6.45) is 0. The van der Waals surface area contributed by atoms with Crippen LogP contribution >= 0.6 is 11.6 Å². The van der Waals surface area contributed by atoms with Crippen molar-refractivity contribution in [3.8, 4) is 0 Å². The maximum Gasteiger partial charge on any atom is 0.128 e. The Morgan fingerprint density at radius 2 is 2.19 bits per heavy atom. The van der Waals surface area contributed by atoms with Gasteiger partial charge in [0.1, 0.15) is 5.82 Å². The first-order valence-electron chi connectivity index (χ1n) is 5.49. The van der Waals surface area contributed by atoms with Crippen molar-refractivity contribution in [2.75, 3.05) is 31.7 Å². The van der Waals surface area contributed by atoms with Crippen LogP contribution in [0.5, 0.6) is 0 Å². The number of hydrogen-bond acceptors (Lipinski definition) is 3. The number of anilines is 1. The molecule has 0 radical (unpaired) electrons. The molecule has 4 heteroatoms. The largest absolute Gasteiger partial charge is 0.380 e. The molecule has 0 aliphatic carbocycles. The summed E-state index contributed by atoms with van der Waals surface area (Å²) in [6.45, 7) is 6.29. The maximum absolute atomic E-state index is 5.83. The van der Waals surface area contributed by atoms with Gasteiger partial charge in [0.2, 0.25) is 0 Å². The number of ether oxygens (including phenoxy) is 1. The topological polar surface area (TPSA) is 25.4 Å². The Labute approximate surface area is 102 Å². The molecule has 0 unspecified atom stereocenters. The smallest absolute Gasteiger partial charge is 0.128 e. The molecule has 0 saturated heterocycles. The van der Waals surface area contributed by atoms with Crippen LogP contribution in [-0.2, 0) is 10.6 Å². The number of likely N-dealkylation sites (N-methyl/N-ethyl adjacent to an activating group) is 1. The molecule has 0 amide bonds. The van der Waals surface area contributed by atoms with Crippen molar-refractivity contribution in [2.45, 2.75) is 19.7 Å². The van der Waals surface area contributed by atoms with E-state index in [0.29, 0.717) is 5.88 Å². The van der Waals surface area contributed by atoms with Crippen molar-refractivity contribution in [1.82, 2.24) is 4.98 Å². The molecule has 0 saturated carbocycles. The molecule has 0 bridgehead atoms. The fourth-order valence-corrected chi connectivity index (χ4v) is 1.61. The molecule has 0 atom stereocenters. The van der Waals surface area contributed by atoms with Crippen LogP contribution in [0.15, 0.2) is 12.1 Å². The van der Waals surface area contributed by atoms with Gasteiger partial charge in [0.15, 0.2) is 0 Å². The Balaban J connectivity index is 2.66. The quantitative estimate of drug-likeness (QED) is 0.567. The lowest BCUT2D eigenvalue weighted by molar-refractivity contribution is 0.154. The zero-order valence-electron chi connectivity index (χ0n) is 10.2. The third-order valence-electron chi connectivity index (χ3n) is 2.32. The van der Waals surface area contributed by atoms with E-state index in [1.54, 1.807) is 0 Å². The van der Waals surface area contributed by atoms with Gasteiger partial charge in [-0.15, -0.1) is 11.6 Å². The van der Waals surface area contributed by atoms with Crippen molar-refractivity contribution >= 4 is 17.4 Å². The second-order valence-electron chi connectivity index (χ2n) is 3.73. The first kappa shape index (κ1) is 13.3. The standard InChI is InChI=1S/C12H19ClN2O/c1-4-16-6-5-15(3)12-8-11(9-13)7-10(2)14-12/h7-8H,4-6,9H2,1-3H3. The van der Waals surface area contributed by atoms with E-state index in [2.05, 4.69) is 9.88 Å². The monoisotopic (exact) mass is 242 g/mol. The molecule has 90 valence electrons. The highest BCUT2D eigenvalue weighted by molar-refractivity contribution is 6.17. The van der Waals surface area contributed by atoms with Crippen molar-refractivity contribution < 1.29 is 4.74 Å². The normalized spacial score (nSPS) is 10.5. The Kier molecular flexibility index (Phi) is 5.56. The summed E-state index contributed by atoms with van der Waals surface area (Å²) in [7, 11) is 2.01. The summed E-state index contributed by atoms with van der Waals surface area (Å²) in [5.74, 6) is 1.48. The Hall–Kier alpha value is -0.800. The second kappa shape index (κ2) is 6.71. The van der Waals surface area contributed by atoms with Crippen LogP contribution in [0.3, 0.4) is 0 Å². The number of alkyl halides is 1. The van der Waals surface area contributed by atoms with Crippen molar-refractivity contribution in [3.05, 3.63) is 23.4 Å². The van der Waals surface area contributed by atoms with Crippen LogP contribution < -0.4 is 4.90 Å². The lowest BCUT2D eigenvalue weighted by atomic mass is 10.2. The van der Waals surface area contributed by atoms with Crippen LogP contribution in [0.4, 0.5) is 5.82 Å². The molecule has 1 aromatic rings. The number of pyridine rings is 1. The van der Waals surface area contributed by atoms with Gasteiger partial charge in [0.05, 0.1) is 6.61 Å². The van der Waals surface area contributed by atoms with Gasteiger partial charge in [0, 0.05) is 31.8 Å². The summed E-state index contributed by atoms with van der Waals surface area (Å²) < 4.78 is 5.32. The van der Waals surface area contributed by atoms with E-state index in [4.69, 9.17) is 16.3 Å². The van der Waals surface area contributed by atoms with Gasteiger partial charge >= 0.3 is 0 Å². The Bertz CT molecular complexity index is 331. The molecule has 0 spiro atoms. The molecule has 1 rings (SSSR count). The summed E-state index contributed by atoms with van der Waals surface area (Å²) in [4.78, 5) is 6.55. The van der Waals surface area contributed by atoms with Crippen molar-refractivity contribution in [2.24, 2.45) is 0 Å². The number of aryl methyl sites for hydroxylation is 1. The fraction of sp³-hybridized carbons (Fsp3) is 0.583. The molecule has 0 fully saturated rings. The van der Waals surface area contributed by atoms with Gasteiger partial charge in [-0.2, -0.15) is 0 Å². The number of hydrogen-bond donors (Lipinski definition) is 0.